The van der Waals surface area contributed by atoms with Crippen molar-refractivity contribution in [2.75, 3.05) is 5.32 Å². The van der Waals surface area contributed by atoms with Crippen molar-refractivity contribution >= 4 is 5.82 Å². The molecule has 0 aromatic carbocycles. The Labute approximate surface area is 67.8 Å². The number of H-pyrrole nitrogens is 1. The summed E-state index contributed by atoms with van der Waals surface area (Å²) in [6.45, 7) is 0. The fourth-order valence-electron chi connectivity index (χ4n) is 0.903. The van der Waals surface area contributed by atoms with Gasteiger partial charge >= 0.3 is 5.69 Å². The van der Waals surface area contributed by atoms with Crippen LogP contribution < -0.4 is 11.0 Å². The van der Waals surface area contributed by atoms with Gasteiger partial charge < -0.3 is 10.3 Å². The van der Waals surface area contributed by atoms with Crippen molar-refractivity contribution in [1.82, 2.24) is 9.97 Å². The smallest absolute Gasteiger partial charge is 0.347 e. The maximum Gasteiger partial charge on any atom is 0.347 e. The summed E-state index contributed by atoms with van der Waals surface area (Å²) in [5.41, 5.74) is -0.528. The van der Waals surface area contributed by atoms with Gasteiger partial charge in [-0.3, -0.25) is 0 Å². The summed E-state index contributed by atoms with van der Waals surface area (Å²) in [5.74, 6) is -0.456. The molecule has 0 aliphatic heterocycles. The van der Waals surface area contributed by atoms with E-state index in [4.69, 9.17) is 0 Å². The minimum atomic E-state index is -0.528. The van der Waals surface area contributed by atoms with Gasteiger partial charge in [0.15, 0.2) is 11.6 Å². The molecule has 1 heterocycles. The zero-order valence-electron chi connectivity index (χ0n) is 6.30. The molecular formula is C7H8FN3O. The van der Waals surface area contributed by atoms with Crippen molar-refractivity contribution in [3.63, 3.8) is 0 Å². The highest BCUT2D eigenvalue weighted by molar-refractivity contribution is 5.36. The lowest BCUT2D eigenvalue weighted by atomic mass is 10.5. The summed E-state index contributed by atoms with van der Waals surface area (Å²) in [6, 6.07) is 0.300. The number of anilines is 1. The molecule has 1 aliphatic carbocycles. The summed E-state index contributed by atoms with van der Waals surface area (Å²) in [5, 5.41) is 2.82. The molecule has 0 radical (unpaired) electrons. The molecule has 1 aromatic rings. The zero-order valence-corrected chi connectivity index (χ0v) is 6.30. The highest BCUT2D eigenvalue weighted by Crippen LogP contribution is 2.23. The number of hydrogen-bond acceptors (Lipinski definition) is 3. The van der Waals surface area contributed by atoms with E-state index in [0.717, 1.165) is 19.0 Å². The fourth-order valence-corrected chi connectivity index (χ4v) is 0.903. The van der Waals surface area contributed by atoms with Crippen LogP contribution in [0.4, 0.5) is 10.2 Å². The molecule has 0 saturated heterocycles. The van der Waals surface area contributed by atoms with Crippen LogP contribution >= 0.6 is 0 Å². The maximum absolute atomic E-state index is 12.9. The third kappa shape index (κ3) is 1.44. The Bertz CT molecular complexity index is 345. The van der Waals surface area contributed by atoms with E-state index in [0.29, 0.717) is 6.04 Å². The second-order valence-electron chi connectivity index (χ2n) is 2.82. The summed E-state index contributed by atoms with van der Waals surface area (Å²) in [4.78, 5) is 16.3. The van der Waals surface area contributed by atoms with Crippen LogP contribution in [0, 0.1) is 5.82 Å². The van der Waals surface area contributed by atoms with E-state index in [-0.39, 0.29) is 5.82 Å². The Hall–Kier alpha value is -1.39. The highest BCUT2D eigenvalue weighted by Gasteiger charge is 2.22. The molecule has 0 unspecified atom stereocenters. The lowest BCUT2D eigenvalue weighted by Gasteiger charge is -2.01. The molecule has 4 nitrogen and oxygen atoms in total. The second kappa shape index (κ2) is 2.58. The van der Waals surface area contributed by atoms with Crippen molar-refractivity contribution in [2.45, 2.75) is 18.9 Å². The van der Waals surface area contributed by atoms with Gasteiger partial charge in [0.25, 0.3) is 0 Å². The van der Waals surface area contributed by atoms with Gasteiger partial charge in [-0.25, -0.2) is 9.18 Å². The molecule has 2 N–H and O–H groups in total. The van der Waals surface area contributed by atoms with Crippen LogP contribution in [0.3, 0.4) is 0 Å². The van der Waals surface area contributed by atoms with Gasteiger partial charge in [0.2, 0.25) is 0 Å². The highest BCUT2D eigenvalue weighted by atomic mass is 19.1. The molecule has 1 aromatic heterocycles. The average molecular weight is 169 g/mol. The first-order chi connectivity index (χ1) is 5.75. The van der Waals surface area contributed by atoms with Gasteiger partial charge in [0.1, 0.15) is 0 Å². The monoisotopic (exact) mass is 169 g/mol. The first-order valence-corrected chi connectivity index (χ1v) is 3.77. The summed E-state index contributed by atoms with van der Waals surface area (Å²) in [7, 11) is 0. The molecule has 2 rings (SSSR count). The van der Waals surface area contributed by atoms with Gasteiger partial charge in [-0.1, -0.05) is 0 Å². The van der Waals surface area contributed by atoms with Crippen molar-refractivity contribution in [2.24, 2.45) is 0 Å². The minimum absolute atomic E-state index is 0.0567. The van der Waals surface area contributed by atoms with E-state index < -0.39 is 11.5 Å². The second-order valence-corrected chi connectivity index (χ2v) is 2.82. The van der Waals surface area contributed by atoms with Crippen LogP contribution in [0.15, 0.2) is 11.0 Å². The Balaban J connectivity index is 2.27. The van der Waals surface area contributed by atoms with Crippen LogP contribution in [-0.2, 0) is 0 Å². The third-order valence-corrected chi connectivity index (χ3v) is 1.68. The molecule has 0 spiro atoms. The van der Waals surface area contributed by atoms with Gasteiger partial charge in [-0.2, -0.15) is 4.98 Å². The lowest BCUT2D eigenvalue weighted by Crippen LogP contribution is -2.15. The van der Waals surface area contributed by atoms with Gasteiger partial charge in [0.05, 0.1) is 0 Å². The first kappa shape index (κ1) is 7.27. The molecule has 1 aliphatic rings. The molecule has 12 heavy (non-hydrogen) atoms. The molecule has 0 amide bonds. The maximum atomic E-state index is 12.9. The summed E-state index contributed by atoms with van der Waals surface area (Å²) >= 11 is 0. The molecule has 64 valence electrons. The van der Waals surface area contributed by atoms with Crippen LogP contribution in [0.2, 0.25) is 0 Å². The standard InChI is InChI=1S/C7H8FN3O/c8-5-3-9-7(12)11-6(5)10-4-1-2-4/h3-4H,1-2H2,(H2,9,10,11,12). The van der Waals surface area contributed by atoms with Crippen molar-refractivity contribution in [3.05, 3.63) is 22.5 Å². The van der Waals surface area contributed by atoms with E-state index in [1.165, 1.54) is 0 Å². The SMILES string of the molecule is O=c1nc(NC2CC2)c(F)c[nH]1. The van der Waals surface area contributed by atoms with E-state index in [2.05, 4.69) is 15.3 Å². The number of aromatic nitrogens is 2. The number of nitrogens with zero attached hydrogens (tertiary/aromatic N) is 1. The Morgan fingerprint density at radius 1 is 1.67 bits per heavy atom. The van der Waals surface area contributed by atoms with Gasteiger partial charge in [-0.15, -0.1) is 0 Å². The predicted octanol–water partition coefficient (Wildman–Crippen LogP) is 0.483. The van der Waals surface area contributed by atoms with Crippen molar-refractivity contribution < 1.29 is 4.39 Å². The normalized spacial score (nSPS) is 16.1. The van der Waals surface area contributed by atoms with E-state index in [1.54, 1.807) is 0 Å². The first-order valence-electron chi connectivity index (χ1n) is 3.77. The number of rotatable bonds is 2. The van der Waals surface area contributed by atoms with Crippen LogP contribution in [0.5, 0.6) is 0 Å². The van der Waals surface area contributed by atoms with Gasteiger partial charge in [0, 0.05) is 12.2 Å². The Kier molecular flexibility index (Phi) is 1.56. The summed E-state index contributed by atoms with van der Waals surface area (Å²) < 4.78 is 12.9. The predicted molar refractivity (Wildman–Crippen MR) is 41.5 cm³/mol. The Morgan fingerprint density at radius 3 is 3.08 bits per heavy atom. The summed E-state index contributed by atoms with van der Waals surface area (Å²) in [6.07, 6.45) is 3.06. The van der Waals surface area contributed by atoms with Gasteiger partial charge in [-0.05, 0) is 12.8 Å². The van der Waals surface area contributed by atoms with E-state index in [9.17, 15) is 9.18 Å². The van der Waals surface area contributed by atoms with Crippen molar-refractivity contribution in [3.8, 4) is 0 Å². The van der Waals surface area contributed by atoms with Crippen LogP contribution in [0.1, 0.15) is 12.8 Å². The molecule has 0 atom stereocenters. The number of nitrogens with one attached hydrogen (secondary N) is 2. The zero-order chi connectivity index (χ0) is 8.55. The quantitative estimate of drug-likeness (QED) is 0.677. The molecule has 1 fully saturated rings. The molecular weight excluding hydrogens is 161 g/mol. The number of aromatic amines is 1. The largest absolute Gasteiger partial charge is 0.365 e. The molecule has 0 bridgehead atoms. The minimum Gasteiger partial charge on any atom is -0.365 e. The van der Waals surface area contributed by atoms with E-state index >= 15 is 0 Å². The average Bonchev–Trinajstić information content (AvgIpc) is 2.81. The van der Waals surface area contributed by atoms with Crippen LogP contribution in [-0.4, -0.2) is 16.0 Å². The fraction of sp³-hybridized carbons (Fsp3) is 0.429. The number of hydrogen-bond donors (Lipinski definition) is 2. The topological polar surface area (TPSA) is 57.8 Å². The Morgan fingerprint density at radius 2 is 2.42 bits per heavy atom. The van der Waals surface area contributed by atoms with E-state index in [1.807, 2.05) is 0 Å². The van der Waals surface area contributed by atoms with Crippen LogP contribution in [0.25, 0.3) is 0 Å². The third-order valence-electron chi connectivity index (χ3n) is 1.68. The number of halogens is 1. The molecule has 1 saturated carbocycles. The van der Waals surface area contributed by atoms with Crippen molar-refractivity contribution in [1.29, 1.82) is 0 Å². The lowest BCUT2D eigenvalue weighted by molar-refractivity contribution is 0.614. The molecule has 5 heteroatoms.